The van der Waals surface area contributed by atoms with Gasteiger partial charge in [0.05, 0.1) is 11.7 Å². The number of nitrogens with two attached hydrogens (primary N) is 1. The molecule has 1 fully saturated rings. The summed E-state index contributed by atoms with van der Waals surface area (Å²) in [6, 6.07) is 9.50. The van der Waals surface area contributed by atoms with Gasteiger partial charge in [0.15, 0.2) is 11.5 Å². The highest BCUT2D eigenvalue weighted by molar-refractivity contribution is 7.09. The Morgan fingerprint density at radius 3 is 2.28 bits per heavy atom. The highest BCUT2D eigenvalue weighted by Gasteiger charge is 2.40. The van der Waals surface area contributed by atoms with Crippen molar-refractivity contribution in [1.82, 2.24) is 29.4 Å². The van der Waals surface area contributed by atoms with E-state index in [0.29, 0.717) is 54.0 Å². The lowest BCUT2D eigenvalue weighted by molar-refractivity contribution is -0.139. The van der Waals surface area contributed by atoms with Crippen LogP contribution in [0.2, 0.25) is 0 Å². The number of nitrogens with one attached hydrogen (secondary N) is 1. The summed E-state index contributed by atoms with van der Waals surface area (Å²) in [5.74, 6) is 0.495. The van der Waals surface area contributed by atoms with Crippen molar-refractivity contribution in [2.75, 3.05) is 25.4 Å². The van der Waals surface area contributed by atoms with Crippen molar-refractivity contribution in [2.45, 2.75) is 111 Å². The molecule has 2 heterocycles. The number of nitrogens with zero attached hydrogens (tertiary/aromatic N) is 7. The highest BCUT2D eigenvalue weighted by atomic mass is 32.1. The molecule has 256 valence electrons. The second-order valence-electron chi connectivity index (χ2n) is 13.7. The number of azo groups is 1. The van der Waals surface area contributed by atoms with Gasteiger partial charge in [-0.25, -0.2) is 4.68 Å². The van der Waals surface area contributed by atoms with Gasteiger partial charge >= 0.3 is 0 Å². The number of anilines is 1. The number of hydrogen-bond donors (Lipinski definition) is 2. The maximum Gasteiger partial charge on any atom is 0.249 e. The van der Waals surface area contributed by atoms with E-state index in [1.165, 1.54) is 11.5 Å². The van der Waals surface area contributed by atoms with E-state index >= 15 is 0 Å². The van der Waals surface area contributed by atoms with Crippen LogP contribution < -0.4 is 11.1 Å². The third-order valence-corrected chi connectivity index (χ3v) is 9.37. The Labute approximate surface area is 284 Å². The van der Waals surface area contributed by atoms with Crippen molar-refractivity contribution in [3.8, 4) is 11.4 Å². The van der Waals surface area contributed by atoms with Crippen molar-refractivity contribution >= 4 is 40.0 Å². The summed E-state index contributed by atoms with van der Waals surface area (Å²) in [5.41, 5.74) is 8.55. The van der Waals surface area contributed by atoms with Gasteiger partial charge in [-0.1, -0.05) is 91.1 Å². The minimum atomic E-state index is -0.387. The average molecular weight is 664 g/mol. The summed E-state index contributed by atoms with van der Waals surface area (Å²) in [7, 11) is 0. The van der Waals surface area contributed by atoms with Gasteiger partial charge in [0.25, 0.3) is 0 Å². The number of carbonyl (C=O) groups excluding carboxylic acids is 2. The van der Waals surface area contributed by atoms with Crippen molar-refractivity contribution in [1.29, 1.82) is 0 Å². The van der Waals surface area contributed by atoms with E-state index in [-0.39, 0.29) is 35.1 Å². The third-order valence-electron chi connectivity index (χ3n) is 8.77. The maximum atomic E-state index is 14.1. The number of carbonyl (C=O) groups is 2. The van der Waals surface area contributed by atoms with Crippen LogP contribution in [0.25, 0.3) is 11.4 Å². The molecule has 1 aliphatic rings. The molecule has 0 spiro atoms. The van der Waals surface area contributed by atoms with Crippen LogP contribution in [0.4, 0.5) is 16.6 Å². The molecule has 12 heteroatoms. The first-order chi connectivity index (χ1) is 22.6. The smallest absolute Gasteiger partial charge is 0.249 e. The lowest BCUT2D eigenvalue weighted by Gasteiger charge is -2.36. The van der Waals surface area contributed by atoms with Crippen LogP contribution in [0.5, 0.6) is 0 Å². The Morgan fingerprint density at radius 1 is 0.979 bits per heavy atom. The molecule has 1 aliphatic carbocycles. The first-order valence-electron chi connectivity index (χ1n) is 17.3. The van der Waals surface area contributed by atoms with Gasteiger partial charge in [-0.15, -0.1) is 10.2 Å². The number of benzene rings is 1. The first kappa shape index (κ1) is 36.2. The summed E-state index contributed by atoms with van der Waals surface area (Å²) >= 11 is 1.17. The fourth-order valence-electron chi connectivity index (χ4n) is 6.10. The minimum Gasteiger partial charge on any atom is -0.382 e. The van der Waals surface area contributed by atoms with Crippen LogP contribution in [0.3, 0.4) is 0 Å². The molecule has 0 bridgehead atoms. The Morgan fingerprint density at radius 2 is 1.64 bits per heavy atom. The molecule has 4 rings (SSSR count). The third kappa shape index (κ3) is 9.46. The normalized spacial score (nSPS) is 18.5. The molecule has 2 amide bonds. The molecule has 3 aromatic rings. The van der Waals surface area contributed by atoms with Gasteiger partial charge in [-0.2, -0.15) is 14.5 Å². The molecule has 0 saturated heterocycles. The average Bonchev–Trinajstić information content (AvgIpc) is 3.68. The molecular weight excluding hydrogens is 611 g/mol. The number of unbranched alkanes of at least 4 members (excludes halogenated alkanes) is 3. The molecule has 3 N–H and O–H groups in total. The molecule has 1 saturated carbocycles. The Balaban J connectivity index is 1.66. The summed E-state index contributed by atoms with van der Waals surface area (Å²) < 4.78 is 6.25. The van der Waals surface area contributed by atoms with Gasteiger partial charge in [0.2, 0.25) is 16.9 Å². The molecule has 2 aromatic heterocycles. The fraction of sp³-hybridized carbons (Fsp3) is 0.629. The van der Waals surface area contributed by atoms with E-state index in [9.17, 15) is 9.59 Å². The zero-order chi connectivity index (χ0) is 34.0. The van der Waals surface area contributed by atoms with Crippen LogP contribution in [0, 0.1) is 11.8 Å². The molecule has 11 nitrogen and oxygen atoms in total. The highest BCUT2D eigenvalue weighted by Crippen LogP contribution is 2.43. The molecule has 0 radical (unpaired) electrons. The second kappa shape index (κ2) is 16.9. The van der Waals surface area contributed by atoms with Gasteiger partial charge < -0.3 is 16.0 Å². The SMILES string of the molecule is CCCCNC(=O)C1CC(C(=O)N(CCCC)CCCC)CC(n2nc(C(C)(C)C)c(N=Nc3nc(-c4ccccc4)ns3)c2N)C1. The number of nitrogen functional groups attached to an aromatic ring is 1. The van der Waals surface area contributed by atoms with Gasteiger partial charge in [-0.05, 0) is 38.5 Å². The maximum absolute atomic E-state index is 14.1. The van der Waals surface area contributed by atoms with E-state index in [2.05, 4.69) is 66.4 Å². The lowest BCUT2D eigenvalue weighted by Crippen LogP contribution is -2.44. The predicted octanol–water partition coefficient (Wildman–Crippen LogP) is 8.00. The van der Waals surface area contributed by atoms with Crippen LogP contribution in [0.15, 0.2) is 40.6 Å². The molecule has 47 heavy (non-hydrogen) atoms. The fourth-order valence-corrected chi connectivity index (χ4v) is 6.62. The number of amides is 2. The van der Waals surface area contributed by atoms with E-state index < -0.39 is 0 Å². The zero-order valence-electron chi connectivity index (χ0n) is 29.0. The van der Waals surface area contributed by atoms with Gasteiger partial charge in [-0.3, -0.25) is 9.59 Å². The number of hydrogen-bond acceptors (Lipinski definition) is 9. The Bertz CT molecular complexity index is 1470. The minimum absolute atomic E-state index is 0.00166. The lowest BCUT2D eigenvalue weighted by atomic mass is 9.77. The monoisotopic (exact) mass is 663 g/mol. The Kier molecular flexibility index (Phi) is 13.0. The van der Waals surface area contributed by atoms with Crippen LogP contribution in [-0.4, -0.2) is 55.5 Å². The van der Waals surface area contributed by atoms with E-state index in [0.717, 1.165) is 57.2 Å². The van der Waals surface area contributed by atoms with Crippen molar-refractivity contribution < 1.29 is 9.59 Å². The standard InChI is InChI=1S/C35H53N9O2S/c1-7-10-18-37-32(45)25-21-26(33(46)43(19-11-8-2)20-12-9-3)23-27(22-25)44-30(36)28(29(41-44)35(4,5)6)39-40-34-38-31(42-47-34)24-16-14-13-15-17-24/h13-17,25-27H,7-12,18-23,36H2,1-6H3,(H,37,45). The molecule has 1 aromatic carbocycles. The van der Waals surface area contributed by atoms with Crippen molar-refractivity contribution in [3.05, 3.63) is 36.0 Å². The second-order valence-corrected chi connectivity index (χ2v) is 14.4. The topological polar surface area (TPSA) is 144 Å². The first-order valence-corrected chi connectivity index (χ1v) is 18.1. The van der Waals surface area contributed by atoms with Crippen LogP contribution in [-0.2, 0) is 15.0 Å². The van der Waals surface area contributed by atoms with Gasteiger partial charge in [0.1, 0.15) is 5.82 Å². The number of aromatic nitrogens is 4. The van der Waals surface area contributed by atoms with E-state index in [1.54, 1.807) is 4.68 Å². The molecule has 0 aliphatic heterocycles. The van der Waals surface area contributed by atoms with E-state index in [1.807, 2.05) is 35.2 Å². The Hall–Kier alpha value is -3.67. The molecule has 3 atom stereocenters. The van der Waals surface area contributed by atoms with Gasteiger partial charge in [0, 0.05) is 54.0 Å². The summed E-state index contributed by atoms with van der Waals surface area (Å²) in [6.45, 7) is 14.7. The zero-order valence-corrected chi connectivity index (χ0v) is 29.9. The summed E-state index contributed by atoms with van der Waals surface area (Å²) in [5, 5.41) is 17.6. The predicted molar refractivity (Wildman–Crippen MR) is 189 cm³/mol. The summed E-state index contributed by atoms with van der Waals surface area (Å²) in [6.07, 6.45) is 7.53. The van der Waals surface area contributed by atoms with Crippen molar-refractivity contribution in [2.24, 2.45) is 22.1 Å². The molecule has 3 unspecified atom stereocenters. The quantitative estimate of drug-likeness (QED) is 0.125. The van der Waals surface area contributed by atoms with E-state index in [4.69, 9.17) is 10.8 Å². The van der Waals surface area contributed by atoms with Crippen LogP contribution >= 0.6 is 11.5 Å². The number of rotatable bonds is 15. The molecular formula is C35H53N9O2S. The summed E-state index contributed by atoms with van der Waals surface area (Å²) in [4.78, 5) is 34.1. The van der Waals surface area contributed by atoms with Crippen LogP contribution in [0.1, 0.15) is 111 Å². The largest absolute Gasteiger partial charge is 0.382 e. The van der Waals surface area contributed by atoms with Crippen molar-refractivity contribution in [3.63, 3.8) is 0 Å².